The van der Waals surface area contributed by atoms with Crippen molar-refractivity contribution >= 4 is 34.8 Å². The van der Waals surface area contributed by atoms with Crippen LogP contribution in [0.2, 0.25) is 10.2 Å². The van der Waals surface area contributed by atoms with E-state index in [9.17, 15) is 4.79 Å². The van der Waals surface area contributed by atoms with Crippen LogP contribution >= 0.6 is 23.2 Å². The van der Waals surface area contributed by atoms with E-state index in [0.29, 0.717) is 12.3 Å². The fraction of sp³-hybridized carbons (Fsp3) is 0.294. The summed E-state index contributed by atoms with van der Waals surface area (Å²) in [7, 11) is 0. The van der Waals surface area contributed by atoms with E-state index in [1.54, 1.807) is 18.2 Å². The number of amides is 1. The standard InChI is InChI=1S/C17H16Cl2N2O2/c18-14-6-7-15(19)21-16(14)17(22)20-13-3-1-2-12(8-13)10-23-9-11-4-5-11/h1-3,6-8,11H,4-5,9-10H2,(H,20,22). The van der Waals surface area contributed by atoms with Crippen LogP contribution in [0.15, 0.2) is 36.4 Å². The van der Waals surface area contributed by atoms with Gasteiger partial charge in [0.2, 0.25) is 0 Å². The molecule has 6 heteroatoms. The first kappa shape index (κ1) is 16.2. The van der Waals surface area contributed by atoms with Gasteiger partial charge in [0.25, 0.3) is 5.91 Å². The molecule has 3 rings (SSSR count). The summed E-state index contributed by atoms with van der Waals surface area (Å²) < 4.78 is 5.66. The maximum absolute atomic E-state index is 12.3. The van der Waals surface area contributed by atoms with Gasteiger partial charge in [-0.15, -0.1) is 0 Å². The van der Waals surface area contributed by atoms with Crippen LogP contribution in [0.1, 0.15) is 28.9 Å². The van der Waals surface area contributed by atoms with E-state index in [0.717, 1.165) is 18.1 Å². The van der Waals surface area contributed by atoms with Crippen LogP contribution < -0.4 is 5.32 Å². The first-order chi connectivity index (χ1) is 11.1. The predicted molar refractivity (Wildman–Crippen MR) is 91.0 cm³/mol. The molecule has 2 aromatic rings. The monoisotopic (exact) mass is 350 g/mol. The van der Waals surface area contributed by atoms with E-state index >= 15 is 0 Å². The molecule has 120 valence electrons. The van der Waals surface area contributed by atoms with Crippen molar-refractivity contribution in [1.29, 1.82) is 0 Å². The fourth-order valence-corrected chi connectivity index (χ4v) is 2.47. The zero-order chi connectivity index (χ0) is 16.2. The number of nitrogens with zero attached hydrogens (tertiary/aromatic N) is 1. The Balaban J connectivity index is 1.64. The molecular formula is C17H16Cl2N2O2. The van der Waals surface area contributed by atoms with Gasteiger partial charge in [-0.25, -0.2) is 4.98 Å². The SMILES string of the molecule is O=C(Nc1cccc(COCC2CC2)c1)c1nc(Cl)ccc1Cl. The van der Waals surface area contributed by atoms with Crippen LogP contribution in [0.5, 0.6) is 0 Å². The van der Waals surface area contributed by atoms with Gasteiger partial charge in [0, 0.05) is 12.3 Å². The molecule has 4 nitrogen and oxygen atoms in total. The van der Waals surface area contributed by atoms with Crippen molar-refractivity contribution in [2.45, 2.75) is 19.4 Å². The summed E-state index contributed by atoms with van der Waals surface area (Å²) in [4.78, 5) is 16.2. The Morgan fingerprint density at radius 1 is 1.26 bits per heavy atom. The third-order valence-corrected chi connectivity index (χ3v) is 4.05. The molecule has 0 saturated heterocycles. The predicted octanol–water partition coefficient (Wildman–Crippen LogP) is 4.57. The molecule has 1 fully saturated rings. The lowest BCUT2D eigenvalue weighted by atomic mass is 10.2. The van der Waals surface area contributed by atoms with Crippen molar-refractivity contribution in [3.63, 3.8) is 0 Å². The number of carbonyl (C=O) groups is 1. The summed E-state index contributed by atoms with van der Waals surface area (Å²) in [5, 5.41) is 3.26. The summed E-state index contributed by atoms with van der Waals surface area (Å²) in [6.45, 7) is 1.34. The van der Waals surface area contributed by atoms with Crippen molar-refractivity contribution in [1.82, 2.24) is 4.98 Å². The van der Waals surface area contributed by atoms with E-state index in [1.165, 1.54) is 12.8 Å². The number of anilines is 1. The molecule has 0 atom stereocenters. The van der Waals surface area contributed by atoms with E-state index in [-0.39, 0.29) is 15.9 Å². The minimum absolute atomic E-state index is 0.106. The Bertz CT molecular complexity index is 717. The molecule has 1 saturated carbocycles. The van der Waals surface area contributed by atoms with Crippen LogP contribution in [-0.4, -0.2) is 17.5 Å². The van der Waals surface area contributed by atoms with Gasteiger partial charge in [-0.3, -0.25) is 4.79 Å². The molecule has 23 heavy (non-hydrogen) atoms. The number of carbonyl (C=O) groups excluding carboxylic acids is 1. The molecule has 0 radical (unpaired) electrons. The van der Waals surface area contributed by atoms with Gasteiger partial charge in [-0.2, -0.15) is 0 Å². The quantitative estimate of drug-likeness (QED) is 0.776. The first-order valence-corrected chi connectivity index (χ1v) is 8.17. The topological polar surface area (TPSA) is 51.2 Å². The Morgan fingerprint density at radius 3 is 2.87 bits per heavy atom. The van der Waals surface area contributed by atoms with Crippen molar-refractivity contribution in [3.05, 3.63) is 57.8 Å². The Labute approximate surface area is 144 Å². The molecule has 1 N–H and O–H groups in total. The van der Waals surface area contributed by atoms with Crippen molar-refractivity contribution in [2.75, 3.05) is 11.9 Å². The van der Waals surface area contributed by atoms with Gasteiger partial charge in [0.1, 0.15) is 10.8 Å². The van der Waals surface area contributed by atoms with Gasteiger partial charge in [-0.1, -0.05) is 35.3 Å². The van der Waals surface area contributed by atoms with Crippen LogP contribution in [0, 0.1) is 5.92 Å². The maximum atomic E-state index is 12.3. The number of hydrogen-bond acceptors (Lipinski definition) is 3. The third kappa shape index (κ3) is 4.67. The van der Waals surface area contributed by atoms with Crippen LogP contribution in [-0.2, 0) is 11.3 Å². The second-order valence-corrected chi connectivity index (χ2v) is 6.37. The van der Waals surface area contributed by atoms with E-state index in [4.69, 9.17) is 27.9 Å². The zero-order valence-corrected chi connectivity index (χ0v) is 13.9. The van der Waals surface area contributed by atoms with Crippen LogP contribution in [0.3, 0.4) is 0 Å². The van der Waals surface area contributed by atoms with Gasteiger partial charge < -0.3 is 10.1 Å². The average Bonchev–Trinajstić information content (AvgIpc) is 3.34. The fourth-order valence-electron chi connectivity index (χ4n) is 2.13. The highest BCUT2D eigenvalue weighted by Crippen LogP contribution is 2.29. The maximum Gasteiger partial charge on any atom is 0.275 e. The Morgan fingerprint density at radius 2 is 2.09 bits per heavy atom. The number of halogens is 2. The first-order valence-electron chi connectivity index (χ1n) is 7.42. The zero-order valence-electron chi connectivity index (χ0n) is 12.4. The molecule has 1 aromatic heterocycles. The van der Waals surface area contributed by atoms with Gasteiger partial charge >= 0.3 is 0 Å². The second kappa shape index (κ2) is 7.30. The van der Waals surface area contributed by atoms with E-state index in [2.05, 4.69) is 10.3 Å². The highest BCUT2D eigenvalue weighted by atomic mass is 35.5. The lowest BCUT2D eigenvalue weighted by Crippen LogP contribution is -2.14. The summed E-state index contributed by atoms with van der Waals surface area (Å²) in [5.41, 5.74) is 1.78. The minimum Gasteiger partial charge on any atom is -0.376 e. The van der Waals surface area contributed by atoms with Crippen LogP contribution in [0.25, 0.3) is 0 Å². The van der Waals surface area contributed by atoms with Gasteiger partial charge in [0.15, 0.2) is 0 Å². The van der Waals surface area contributed by atoms with Crippen molar-refractivity contribution < 1.29 is 9.53 Å². The number of aromatic nitrogens is 1. The largest absolute Gasteiger partial charge is 0.376 e. The third-order valence-electron chi connectivity index (χ3n) is 3.53. The molecule has 1 heterocycles. The number of hydrogen-bond donors (Lipinski definition) is 1. The summed E-state index contributed by atoms with van der Waals surface area (Å²) in [6, 6.07) is 10.6. The molecule has 0 bridgehead atoms. The Hall–Kier alpha value is -1.62. The number of rotatable bonds is 6. The summed E-state index contributed by atoms with van der Waals surface area (Å²) in [6.07, 6.45) is 2.53. The highest BCUT2D eigenvalue weighted by molar-refractivity contribution is 6.35. The van der Waals surface area contributed by atoms with Gasteiger partial charge in [-0.05, 0) is 48.6 Å². The van der Waals surface area contributed by atoms with E-state index in [1.807, 2.05) is 18.2 Å². The summed E-state index contributed by atoms with van der Waals surface area (Å²) in [5.74, 6) is 0.336. The summed E-state index contributed by atoms with van der Waals surface area (Å²) >= 11 is 11.8. The smallest absolute Gasteiger partial charge is 0.275 e. The molecule has 0 unspecified atom stereocenters. The number of benzene rings is 1. The lowest BCUT2D eigenvalue weighted by molar-refractivity contribution is 0.102. The molecule has 0 aliphatic heterocycles. The molecular weight excluding hydrogens is 335 g/mol. The van der Waals surface area contributed by atoms with E-state index < -0.39 is 5.91 Å². The molecule has 1 aromatic carbocycles. The molecule has 1 aliphatic carbocycles. The average molecular weight is 351 g/mol. The number of nitrogens with one attached hydrogen (secondary N) is 1. The normalized spacial score (nSPS) is 13.8. The van der Waals surface area contributed by atoms with Crippen molar-refractivity contribution in [2.24, 2.45) is 5.92 Å². The second-order valence-electron chi connectivity index (χ2n) is 5.58. The number of ether oxygens (including phenoxy) is 1. The van der Waals surface area contributed by atoms with Gasteiger partial charge in [0.05, 0.1) is 11.6 Å². The number of pyridine rings is 1. The molecule has 1 amide bonds. The van der Waals surface area contributed by atoms with Crippen LogP contribution in [0.4, 0.5) is 5.69 Å². The van der Waals surface area contributed by atoms with Crippen molar-refractivity contribution in [3.8, 4) is 0 Å². The lowest BCUT2D eigenvalue weighted by Gasteiger charge is -2.09. The molecule has 0 spiro atoms. The molecule has 1 aliphatic rings. The Kier molecular flexibility index (Phi) is 5.16. The highest BCUT2D eigenvalue weighted by Gasteiger charge is 2.21. The minimum atomic E-state index is -0.395.